The molecule has 6 heteroatoms. The van der Waals surface area contributed by atoms with E-state index in [2.05, 4.69) is 5.32 Å². The highest BCUT2D eigenvalue weighted by molar-refractivity contribution is 6.01. The molecule has 2 atom stereocenters. The fourth-order valence-corrected chi connectivity index (χ4v) is 4.29. The lowest BCUT2D eigenvalue weighted by Crippen LogP contribution is -2.38. The number of fused-ring (bicyclic) bond motifs is 1. The van der Waals surface area contributed by atoms with Crippen molar-refractivity contribution in [2.24, 2.45) is 0 Å². The molecular formula is C22H24N2O4. The molecule has 2 aliphatic rings. The van der Waals surface area contributed by atoms with Crippen LogP contribution in [0.1, 0.15) is 42.3 Å². The first-order valence-corrected chi connectivity index (χ1v) is 9.53. The number of anilines is 1. The number of nitrogens with zero attached hydrogens (tertiary/aromatic N) is 1. The van der Waals surface area contributed by atoms with Crippen molar-refractivity contribution >= 4 is 17.5 Å². The van der Waals surface area contributed by atoms with E-state index in [0.29, 0.717) is 6.54 Å². The molecule has 0 aliphatic carbocycles. The highest BCUT2D eigenvalue weighted by atomic mass is 16.5. The maximum Gasteiger partial charge on any atom is 0.231 e. The molecule has 146 valence electrons. The molecule has 2 heterocycles. The molecule has 0 aromatic heterocycles. The monoisotopic (exact) mass is 380 g/mol. The van der Waals surface area contributed by atoms with Crippen molar-refractivity contribution in [3.63, 3.8) is 0 Å². The van der Waals surface area contributed by atoms with Gasteiger partial charge >= 0.3 is 0 Å². The van der Waals surface area contributed by atoms with Gasteiger partial charge in [-0.25, -0.2) is 0 Å². The number of hydrogen-bond donors (Lipinski definition) is 1. The van der Waals surface area contributed by atoms with Crippen LogP contribution in [0.25, 0.3) is 0 Å². The van der Waals surface area contributed by atoms with Crippen molar-refractivity contribution in [2.75, 3.05) is 26.1 Å². The number of likely N-dealkylation sites (tertiary alicyclic amines) is 1. The normalized spacial score (nSPS) is 21.1. The van der Waals surface area contributed by atoms with Gasteiger partial charge in [0.05, 0.1) is 26.2 Å². The molecule has 2 unspecified atom stereocenters. The number of carbonyl (C=O) groups is 2. The van der Waals surface area contributed by atoms with E-state index >= 15 is 0 Å². The molecule has 1 N–H and O–H groups in total. The number of benzene rings is 2. The van der Waals surface area contributed by atoms with Crippen molar-refractivity contribution in [1.82, 2.24) is 4.90 Å². The maximum atomic E-state index is 13.5. The molecule has 4 rings (SSSR count). The minimum absolute atomic E-state index is 0.00493. The van der Waals surface area contributed by atoms with Crippen LogP contribution in [0.3, 0.4) is 0 Å². The smallest absolute Gasteiger partial charge is 0.231 e. The van der Waals surface area contributed by atoms with Crippen molar-refractivity contribution < 1.29 is 19.1 Å². The summed E-state index contributed by atoms with van der Waals surface area (Å²) in [6.07, 6.45) is 1.95. The first-order valence-electron chi connectivity index (χ1n) is 9.53. The second kappa shape index (κ2) is 7.54. The number of amides is 2. The van der Waals surface area contributed by atoms with E-state index < -0.39 is 5.92 Å². The van der Waals surface area contributed by atoms with E-state index in [-0.39, 0.29) is 24.3 Å². The third kappa shape index (κ3) is 3.19. The lowest BCUT2D eigenvalue weighted by atomic mass is 9.89. The van der Waals surface area contributed by atoms with Crippen molar-refractivity contribution in [2.45, 2.75) is 31.2 Å². The lowest BCUT2D eigenvalue weighted by Gasteiger charge is -2.32. The van der Waals surface area contributed by atoms with E-state index in [9.17, 15) is 9.59 Å². The molecule has 2 aromatic carbocycles. The van der Waals surface area contributed by atoms with Crippen LogP contribution in [0.2, 0.25) is 0 Å². The van der Waals surface area contributed by atoms with Crippen molar-refractivity contribution in [3.05, 3.63) is 53.6 Å². The number of carbonyl (C=O) groups excluding carboxylic acids is 2. The summed E-state index contributed by atoms with van der Waals surface area (Å²) in [5.41, 5.74) is 2.56. The van der Waals surface area contributed by atoms with Gasteiger partial charge < -0.3 is 19.7 Å². The Bertz CT molecular complexity index is 911. The zero-order chi connectivity index (χ0) is 19.7. The van der Waals surface area contributed by atoms with E-state index in [1.807, 2.05) is 47.4 Å². The van der Waals surface area contributed by atoms with Crippen LogP contribution in [0.5, 0.6) is 11.5 Å². The quantitative estimate of drug-likeness (QED) is 0.882. The Morgan fingerprint density at radius 2 is 1.93 bits per heavy atom. The summed E-state index contributed by atoms with van der Waals surface area (Å²) in [7, 11) is 3.26. The molecule has 28 heavy (non-hydrogen) atoms. The molecule has 1 saturated heterocycles. The molecule has 0 radical (unpaired) electrons. The molecule has 2 aromatic rings. The maximum absolute atomic E-state index is 13.5. The van der Waals surface area contributed by atoms with Crippen molar-refractivity contribution in [1.29, 1.82) is 0 Å². The van der Waals surface area contributed by atoms with E-state index in [4.69, 9.17) is 9.47 Å². The fraction of sp³-hybridized carbons (Fsp3) is 0.364. The molecule has 6 nitrogen and oxygen atoms in total. The second-order valence-corrected chi connectivity index (χ2v) is 7.19. The van der Waals surface area contributed by atoms with Crippen LogP contribution in [-0.2, 0) is 9.59 Å². The van der Waals surface area contributed by atoms with Gasteiger partial charge in [0.2, 0.25) is 11.8 Å². The van der Waals surface area contributed by atoms with Gasteiger partial charge in [0.15, 0.2) is 0 Å². The summed E-state index contributed by atoms with van der Waals surface area (Å²) in [6, 6.07) is 13.1. The average Bonchev–Trinajstić information content (AvgIpc) is 3.21. The highest BCUT2D eigenvalue weighted by Crippen LogP contribution is 2.42. The van der Waals surface area contributed by atoms with Gasteiger partial charge in [-0.1, -0.05) is 18.2 Å². The van der Waals surface area contributed by atoms with E-state index in [1.54, 1.807) is 14.2 Å². The predicted octanol–water partition coefficient (Wildman–Crippen LogP) is 3.49. The van der Waals surface area contributed by atoms with Crippen LogP contribution in [0.4, 0.5) is 5.69 Å². The van der Waals surface area contributed by atoms with Crippen molar-refractivity contribution in [3.8, 4) is 11.5 Å². The fourth-order valence-electron chi connectivity index (χ4n) is 4.29. The van der Waals surface area contributed by atoms with Gasteiger partial charge in [-0.2, -0.15) is 0 Å². The zero-order valence-corrected chi connectivity index (χ0v) is 16.1. The van der Waals surface area contributed by atoms with Crippen LogP contribution < -0.4 is 14.8 Å². The SMILES string of the molecule is COc1ccc(OC)c(C2CCCN2C(=O)C2CC(=O)Nc3ccccc32)c1. The summed E-state index contributed by atoms with van der Waals surface area (Å²) >= 11 is 0. The Labute approximate surface area is 164 Å². The topological polar surface area (TPSA) is 67.9 Å². The number of methoxy groups -OCH3 is 2. The zero-order valence-electron chi connectivity index (χ0n) is 16.1. The first kappa shape index (κ1) is 18.3. The number of para-hydroxylation sites is 1. The van der Waals surface area contributed by atoms with E-state index in [1.165, 1.54) is 0 Å². The van der Waals surface area contributed by atoms with Gasteiger partial charge in [-0.05, 0) is 42.7 Å². The molecule has 2 aliphatic heterocycles. The lowest BCUT2D eigenvalue weighted by molar-refractivity contribution is -0.135. The third-order valence-corrected chi connectivity index (χ3v) is 5.63. The Morgan fingerprint density at radius 1 is 1.11 bits per heavy atom. The Kier molecular flexibility index (Phi) is 4.94. The summed E-state index contributed by atoms with van der Waals surface area (Å²) in [5, 5.41) is 2.87. The molecular weight excluding hydrogens is 356 g/mol. The highest BCUT2D eigenvalue weighted by Gasteiger charge is 2.39. The predicted molar refractivity (Wildman–Crippen MR) is 106 cm³/mol. The minimum Gasteiger partial charge on any atom is -0.497 e. The minimum atomic E-state index is -0.456. The van der Waals surface area contributed by atoms with Crippen LogP contribution >= 0.6 is 0 Å². The van der Waals surface area contributed by atoms with Gasteiger partial charge in [0.25, 0.3) is 0 Å². The number of ether oxygens (including phenoxy) is 2. The summed E-state index contributed by atoms with van der Waals surface area (Å²) < 4.78 is 10.9. The van der Waals surface area contributed by atoms with Crippen LogP contribution in [0.15, 0.2) is 42.5 Å². The number of hydrogen-bond acceptors (Lipinski definition) is 4. The number of nitrogens with one attached hydrogen (secondary N) is 1. The van der Waals surface area contributed by atoms with Crippen LogP contribution in [-0.4, -0.2) is 37.5 Å². The second-order valence-electron chi connectivity index (χ2n) is 7.19. The summed E-state index contributed by atoms with van der Waals surface area (Å²) in [4.78, 5) is 27.6. The molecule has 2 amide bonds. The first-order chi connectivity index (χ1) is 13.6. The van der Waals surface area contributed by atoms with Crippen LogP contribution in [0, 0.1) is 0 Å². The number of rotatable bonds is 4. The van der Waals surface area contributed by atoms with Gasteiger partial charge in [-0.15, -0.1) is 0 Å². The summed E-state index contributed by atoms with van der Waals surface area (Å²) in [5.74, 6) is 0.897. The van der Waals surface area contributed by atoms with Gasteiger partial charge in [-0.3, -0.25) is 9.59 Å². The average molecular weight is 380 g/mol. The Balaban J connectivity index is 1.68. The largest absolute Gasteiger partial charge is 0.497 e. The Hall–Kier alpha value is -3.02. The van der Waals surface area contributed by atoms with Gasteiger partial charge in [0.1, 0.15) is 11.5 Å². The Morgan fingerprint density at radius 3 is 2.71 bits per heavy atom. The molecule has 0 bridgehead atoms. The van der Waals surface area contributed by atoms with E-state index in [0.717, 1.165) is 41.2 Å². The molecule has 0 saturated carbocycles. The summed E-state index contributed by atoms with van der Waals surface area (Å²) in [6.45, 7) is 0.671. The third-order valence-electron chi connectivity index (χ3n) is 5.63. The molecule has 1 fully saturated rings. The standard InChI is InChI=1S/C22H24N2O4/c1-27-14-9-10-20(28-2)17(12-14)19-8-5-11-24(19)22(26)16-13-21(25)23-18-7-4-3-6-15(16)18/h3-4,6-7,9-10,12,16,19H,5,8,11,13H2,1-2H3,(H,23,25). The molecule has 0 spiro atoms. The van der Waals surface area contributed by atoms with Gasteiger partial charge in [0, 0.05) is 24.2 Å².